The number of hydrogen-bond acceptors (Lipinski definition) is 4. The highest BCUT2D eigenvalue weighted by Gasteiger charge is 2.13. The highest BCUT2D eigenvalue weighted by molar-refractivity contribution is 7.88. The molecule has 0 saturated carbocycles. The van der Waals surface area contributed by atoms with E-state index in [9.17, 15) is 13.2 Å². The van der Waals surface area contributed by atoms with E-state index >= 15 is 0 Å². The summed E-state index contributed by atoms with van der Waals surface area (Å²) in [6, 6.07) is 15.1. The summed E-state index contributed by atoms with van der Waals surface area (Å²) >= 11 is 0. The first kappa shape index (κ1) is 21.0. The van der Waals surface area contributed by atoms with Gasteiger partial charge in [-0.25, -0.2) is 13.1 Å². The standard InChI is InChI=1S/C22H25N3O3S/c1-15-19-6-4-5-7-21(19)25-16(2)20(15)12-22(26)24-13-17-8-10-18(11-9-17)14-29(27,28)23-3/h4-11,23H,12-14H2,1-3H3,(H,24,26). The van der Waals surface area contributed by atoms with E-state index in [0.29, 0.717) is 12.1 Å². The number of benzene rings is 2. The minimum atomic E-state index is -3.30. The molecular weight excluding hydrogens is 386 g/mol. The molecule has 29 heavy (non-hydrogen) atoms. The summed E-state index contributed by atoms with van der Waals surface area (Å²) in [5.41, 5.74) is 5.45. The van der Waals surface area contributed by atoms with Crippen LogP contribution in [0, 0.1) is 13.8 Å². The molecule has 1 aromatic heterocycles. The number of rotatable bonds is 7. The summed E-state index contributed by atoms with van der Waals surface area (Å²) in [4.78, 5) is 17.1. The van der Waals surface area contributed by atoms with Crippen molar-refractivity contribution in [3.8, 4) is 0 Å². The number of carbonyl (C=O) groups excluding carboxylic acids is 1. The lowest BCUT2D eigenvalue weighted by Gasteiger charge is -2.13. The minimum absolute atomic E-state index is 0.0658. The van der Waals surface area contributed by atoms with Gasteiger partial charge in [-0.05, 0) is 49.2 Å². The average molecular weight is 412 g/mol. The van der Waals surface area contributed by atoms with E-state index in [1.54, 1.807) is 12.1 Å². The maximum atomic E-state index is 12.5. The molecule has 0 bridgehead atoms. The van der Waals surface area contributed by atoms with Gasteiger partial charge in [-0.2, -0.15) is 0 Å². The van der Waals surface area contributed by atoms with Crippen LogP contribution in [-0.2, 0) is 33.5 Å². The summed E-state index contributed by atoms with van der Waals surface area (Å²) in [6.07, 6.45) is 0.272. The Hall–Kier alpha value is -2.77. The molecule has 0 aliphatic heterocycles. The molecule has 1 heterocycles. The van der Waals surface area contributed by atoms with E-state index in [1.165, 1.54) is 7.05 Å². The third kappa shape index (κ3) is 5.19. The molecule has 0 spiro atoms. The van der Waals surface area contributed by atoms with Gasteiger partial charge < -0.3 is 5.32 Å². The normalized spacial score (nSPS) is 11.6. The number of amides is 1. The third-order valence-corrected chi connectivity index (χ3v) is 6.34. The fraction of sp³-hybridized carbons (Fsp3) is 0.273. The van der Waals surface area contributed by atoms with Gasteiger partial charge in [-0.15, -0.1) is 0 Å². The number of aromatic nitrogens is 1. The molecule has 1 amide bonds. The second-order valence-electron chi connectivity index (χ2n) is 7.05. The van der Waals surface area contributed by atoms with Gasteiger partial charge in [0.15, 0.2) is 0 Å². The Labute approximate surface area is 171 Å². The van der Waals surface area contributed by atoms with Crippen molar-refractivity contribution in [2.45, 2.75) is 32.6 Å². The number of nitrogens with zero attached hydrogens (tertiary/aromatic N) is 1. The zero-order valence-electron chi connectivity index (χ0n) is 16.8. The van der Waals surface area contributed by atoms with Crippen LogP contribution in [-0.4, -0.2) is 26.4 Å². The molecule has 2 aromatic carbocycles. The third-order valence-electron chi connectivity index (χ3n) is 5.00. The molecule has 6 nitrogen and oxygen atoms in total. The average Bonchev–Trinajstić information content (AvgIpc) is 2.70. The zero-order chi connectivity index (χ0) is 21.0. The quantitative estimate of drug-likeness (QED) is 0.626. The van der Waals surface area contributed by atoms with E-state index < -0.39 is 10.0 Å². The van der Waals surface area contributed by atoms with Crippen molar-refractivity contribution in [1.82, 2.24) is 15.0 Å². The maximum absolute atomic E-state index is 12.5. The Morgan fingerprint density at radius 2 is 1.66 bits per heavy atom. The van der Waals surface area contributed by atoms with Crippen LogP contribution in [0.5, 0.6) is 0 Å². The summed E-state index contributed by atoms with van der Waals surface area (Å²) in [7, 11) is -1.90. The van der Waals surface area contributed by atoms with Crippen molar-refractivity contribution < 1.29 is 13.2 Å². The number of sulfonamides is 1. The van der Waals surface area contributed by atoms with Gasteiger partial charge in [-0.3, -0.25) is 9.78 Å². The van der Waals surface area contributed by atoms with E-state index in [0.717, 1.165) is 33.3 Å². The lowest BCUT2D eigenvalue weighted by molar-refractivity contribution is -0.120. The van der Waals surface area contributed by atoms with Crippen LogP contribution >= 0.6 is 0 Å². The van der Waals surface area contributed by atoms with Crippen LogP contribution in [0.15, 0.2) is 48.5 Å². The molecule has 3 rings (SSSR count). The summed E-state index contributed by atoms with van der Waals surface area (Å²) in [6.45, 7) is 4.34. The predicted octanol–water partition coefficient (Wildman–Crippen LogP) is 2.76. The molecule has 0 saturated heterocycles. The monoisotopic (exact) mass is 411 g/mol. The summed E-state index contributed by atoms with van der Waals surface area (Å²) in [5, 5.41) is 3.99. The zero-order valence-corrected chi connectivity index (χ0v) is 17.6. The largest absolute Gasteiger partial charge is 0.352 e. The molecular formula is C22H25N3O3S. The topological polar surface area (TPSA) is 88.2 Å². The first-order valence-corrected chi connectivity index (χ1v) is 11.0. The first-order chi connectivity index (χ1) is 13.8. The van der Waals surface area contributed by atoms with Gasteiger partial charge in [0.25, 0.3) is 0 Å². The highest BCUT2D eigenvalue weighted by Crippen LogP contribution is 2.22. The second-order valence-corrected chi connectivity index (χ2v) is 8.98. The van der Waals surface area contributed by atoms with Crippen molar-refractivity contribution in [2.24, 2.45) is 0 Å². The second kappa shape index (κ2) is 8.71. The summed E-state index contributed by atoms with van der Waals surface area (Å²) in [5.74, 6) is -0.140. The van der Waals surface area contributed by atoms with Gasteiger partial charge in [0.1, 0.15) is 0 Å². The van der Waals surface area contributed by atoms with Crippen LogP contribution < -0.4 is 10.0 Å². The molecule has 2 N–H and O–H groups in total. The van der Waals surface area contributed by atoms with Gasteiger partial charge >= 0.3 is 0 Å². The highest BCUT2D eigenvalue weighted by atomic mass is 32.2. The molecule has 0 aliphatic carbocycles. The Morgan fingerprint density at radius 1 is 1.00 bits per heavy atom. The molecule has 3 aromatic rings. The van der Waals surface area contributed by atoms with Gasteiger partial charge in [0.2, 0.25) is 15.9 Å². The van der Waals surface area contributed by atoms with Gasteiger partial charge in [0.05, 0.1) is 17.7 Å². The Balaban J connectivity index is 1.64. The number of carbonyl (C=O) groups is 1. The van der Waals surface area contributed by atoms with E-state index in [2.05, 4.69) is 15.0 Å². The number of pyridine rings is 1. The van der Waals surface area contributed by atoms with Crippen molar-refractivity contribution >= 4 is 26.8 Å². The fourth-order valence-corrected chi connectivity index (χ4v) is 4.08. The number of aryl methyl sites for hydroxylation is 2. The van der Waals surface area contributed by atoms with Gasteiger partial charge in [0, 0.05) is 17.6 Å². The molecule has 0 aliphatic rings. The van der Waals surface area contributed by atoms with E-state index in [4.69, 9.17) is 0 Å². The Kier molecular flexibility index (Phi) is 6.30. The van der Waals surface area contributed by atoms with Crippen LogP contribution in [0.1, 0.15) is 27.9 Å². The lowest BCUT2D eigenvalue weighted by Crippen LogP contribution is -2.25. The molecule has 152 valence electrons. The predicted molar refractivity (Wildman–Crippen MR) is 115 cm³/mol. The Morgan fingerprint density at radius 3 is 2.34 bits per heavy atom. The maximum Gasteiger partial charge on any atom is 0.224 e. The molecule has 7 heteroatoms. The smallest absolute Gasteiger partial charge is 0.224 e. The number of nitrogens with one attached hydrogen (secondary N) is 2. The molecule has 0 unspecified atom stereocenters. The number of fused-ring (bicyclic) bond motifs is 1. The van der Waals surface area contributed by atoms with Crippen molar-refractivity contribution in [3.05, 3.63) is 76.5 Å². The van der Waals surface area contributed by atoms with Crippen molar-refractivity contribution in [3.63, 3.8) is 0 Å². The van der Waals surface area contributed by atoms with Crippen molar-refractivity contribution in [1.29, 1.82) is 0 Å². The molecule has 0 fully saturated rings. The van der Waals surface area contributed by atoms with E-state index in [-0.39, 0.29) is 18.1 Å². The minimum Gasteiger partial charge on any atom is -0.352 e. The first-order valence-electron chi connectivity index (χ1n) is 9.39. The van der Waals surface area contributed by atoms with Crippen molar-refractivity contribution in [2.75, 3.05) is 7.05 Å². The SMILES string of the molecule is CNS(=O)(=O)Cc1ccc(CNC(=O)Cc2c(C)nc3ccccc3c2C)cc1. The number of para-hydroxylation sites is 1. The van der Waals surface area contributed by atoms with Crippen LogP contribution in [0.2, 0.25) is 0 Å². The number of hydrogen-bond donors (Lipinski definition) is 2. The molecule has 0 radical (unpaired) electrons. The van der Waals surface area contributed by atoms with Crippen LogP contribution in [0.3, 0.4) is 0 Å². The van der Waals surface area contributed by atoms with Crippen LogP contribution in [0.4, 0.5) is 0 Å². The fourth-order valence-electron chi connectivity index (χ4n) is 3.30. The van der Waals surface area contributed by atoms with Gasteiger partial charge in [-0.1, -0.05) is 42.5 Å². The lowest BCUT2D eigenvalue weighted by atomic mass is 9.99. The summed E-state index contributed by atoms with van der Waals surface area (Å²) < 4.78 is 25.5. The van der Waals surface area contributed by atoms with E-state index in [1.807, 2.05) is 50.2 Å². The van der Waals surface area contributed by atoms with Crippen LogP contribution in [0.25, 0.3) is 10.9 Å². The molecule has 0 atom stereocenters. The Bertz CT molecular complexity index is 1140.